The molecular weight excluding hydrogens is 471 g/mol. The Labute approximate surface area is 198 Å². The minimum atomic E-state index is -4.73. The third kappa shape index (κ3) is 6.10. The maximum absolute atomic E-state index is 12.3. The van der Waals surface area contributed by atoms with Gasteiger partial charge in [0.1, 0.15) is 18.3 Å². The van der Waals surface area contributed by atoms with Crippen molar-refractivity contribution in [1.29, 1.82) is 0 Å². The van der Waals surface area contributed by atoms with Crippen LogP contribution >= 0.6 is 11.6 Å². The molecule has 0 bridgehead atoms. The number of rotatable bonds is 6. The Morgan fingerprint density at radius 2 is 1.76 bits per heavy atom. The third-order valence-electron chi connectivity index (χ3n) is 4.80. The van der Waals surface area contributed by atoms with Crippen LogP contribution in [0.2, 0.25) is 5.02 Å². The summed E-state index contributed by atoms with van der Waals surface area (Å²) in [5.41, 5.74) is 5.99. The second-order valence-corrected chi connectivity index (χ2v) is 7.62. The fourth-order valence-electron chi connectivity index (χ4n) is 3.16. The molecule has 1 heterocycles. The predicted molar refractivity (Wildman–Crippen MR) is 124 cm³/mol. The van der Waals surface area contributed by atoms with E-state index < -0.39 is 6.36 Å². The van der Waals surface area contributed by atoms with Gasteiger partial charge >= 0.3 is 12.4 Å². The molecule has 3 N–H and O–H groups in total. The van der Waals surface area contributed by atoms with Crippen molar-refractivity contribution in [1.82, 2.24) is 10.7 Å². The molecule has 0 unspecified atom stereocenters. The summed E-state index contributed by atoms with van der Waals surface area (Å²) in [6.07, 6.45) is -4.73. The third-order valence-corrected chi connectivity index (χ3v) is 5.13. The van der Waals surface area contributed by atoms with Gasteiger partial charge in [-0.05, 0) is 42.0 Å². The minimum Gasteiger partial charge on any atom is -0.406 e. The van der Waals surface area contributed by atoms with Gasteiger partial charge in [0, 0.05) is 12.1 Å². The van der Waals surface area contributed by atoms with Crippen LogP contribution in [0, 0.1) is 0 Å². The first-order valence-electron chi connectivity index (χ1n) is 10.1. The number of hydrazine groups is 1. The van der Waals surface area contributed by atoms with Crippen molar-refractivity contribution in [2.24, 2.45) is 4.99 Å². The molecule has 11 heteroatoms. The van der Waals surface area contributed by atoms with Crippen molar-refractivity contribution >= 4 is 34.8 Å². The monoisotopic (exact) mass is 489 g/mol. The number of urea groups is 1. The van der Waals surface area contributed by atoms with Crippen molar-refractivity contribution in [2.75, 3.05) is 17.0 Å². The zero-order valence-corrected chi connectivity index (χ0v) is 18.3. The largest absolute Gasteiger partial charge is 0.573 e. The number of carbonyl (C=O) groups excluding carboxylic acids is 1. The molecule has 7 nitrogen and oxygen atoms in total. The summed E-state index contributed by atoms with van der Waals surface area (Å²) in [6, 6.07) is 19.5. The number of hydrogen-bond donors (Lipinski definition) is 3. The number of amidine groups is 1. The number of hydrogen-bond acceptors (Lipinski definition) is 5. The van der Waals surface area contributed by atoms with Gasteiger partial charge in [0.2, 0.25) is 0 Å². The molecule has 34 heavy (non-hydrogen) atoms. The summed E-state index contributed by atoms with van der Waals surface area (Å²) in [5.74, 6) is 0.327. The molecule has 0 fully saturated rings. The summed E-state index contributed by atoms with van der Waals surface area (Å²) in [4.78, 5) is 16.5. The normalized spacial score (nSPS) is 13.2. The zero-order valence-electron chi connectivity index (χ0n) is 17.6. The van der Waals surface area contributed by atoms with Gasteiger partial charge in [-0.15, -0.1) is 13.2 Å². The lowest BCUT2D eigenvalue weighted by molar-refractivity contribution is -0.274. The molecule has 0 saturated carbocycles. The Hall–Kier alpha value is -3.92. The van der Waals surface area contributed by atoms with E-state index in [1.54, 1.807) is 29.3 Å². The fourth-order valence-corrected chi connectivity index (χ4v) is 3.34. The molecule has 3 aromatic rings. The zero-order chi connectivity index (χ0) is 24.1. The first kappa shape index (κ1) is 23.2. The van der Waals surface area contributed by atoms with Gasteiger partial charge in [-0.25, -0.2) is 9.79 Å². The fraction of sp³-hybridized carbons (Fsp3) is 0.130. The number of ether oxygens (including phenoxy) is 1. The van der Waals surface area contributed by atoms with Crippen LogP contribution in [-0.2, 0) is 6.54 Å². The van der Waals surface area contributed by atoms with Crippen LogP contribution in [0.3, 0.4) is 0 Å². The van der Waals surface area contributed by atoms with E-state index in [4.69, 9.17) is 11.6 Å². The maximum atomic E-state index is 12.3. The first-order chi connectivity index (χ1) is 16.3. The Kier molecular flexibility index (Phi) is 6.78. The molecule has 2 amide bonds. The number of halogens is 4. The molecule has 0 saturated heterocycles. The van der Waals surface area contributed by atoms with Crippen LogP contribution in [0.15, 0.2) is 77.8 Å². The average molecular weight is 490 g/mol. The van der Waals surface area contributed by atoms with E-state index in [0.29, 0.717) is 35.4 Å². The summed E-state index contributed by atoms with van der Waals surface area (Å²) in [6.45, 7) is 0.606. The molecule has 1 aliphatic rings. The average Bonchev–Trinajstić information content (AvgIpc) is 3.29. The van der Waals surface area contributed by atoms with Gasteiger partial charge in [0.05, 0.1) is 16.4 Å². The van der Waals surface area contributed by atoms with Crippen molar-refractivity contribution < 1.29 is 22.7 Å². The minimum absolute atomic E-state index is 0.290. The Bertz CT molecular complexity index is 1180. The Balaban J connectivity index is 1.29. The number of alkyl halides is 3. The van der Waals surface area contributed by atoms with E-state index in [0.717, 1.165) is 11.1 Å². The molecule has 1 aliphatic heterocycles. The number of nitrogens with zero attached hydrogens (tertiary/aromatic N) is 2. The second kappa shape index (κ2) is 9.92. The quantitative estimate of drug-likeness (QED) is 0.440. The van der Waals surface area contributed by atoms with Gasteiger partial charge in [-0.3, -0.25) is 10.4 Å². The van der Waals surface area contributed by atoms with Gasteiger partial charge in [0.25, 0.3) is 0 Å². The molecule has 0 radical (unpaired) electrons. The molecule has 4 rings (SSSR count). The molecular formula is C23H19ClF3N5O2. The van der Waals surface area contributed by atoms with Crippen LogP contribution in [0.4, 0.5) is 29.3 Å². The van der Waals surface area contributed by atoms with E-state index in [9.17, 15) is 18.0 Å². The van der Waals surface area contributed by atoms with Crippen LogP contribution in [0.5, 0.6) is 5.75 Å². The number of carbonyl (C=O) groups is 1. The number of para-hydroxylation sites is 1. The number of nitrogens with one attached hydrogen (secondary N) is 3. The van der Waals surface area contributed by atoms with Crippen LogP contribution in [-0.4, -0.2) is 24.9 Å². The topological polar surface area (TPSA) is 78.0 Å². The Morgan fingerprint density at radius 1 is 1.06 bits per heavy atom. The molecule has 3 aromatic carbocycles. The van der Waals surface area contributed by atoms with E-state index in [-0.39, 0.29) is 11.8 Å². The van der Waals surface area contributed by atoms with E-state index in [1.807, 2.05) is 24.3 Å². The number of anilines is 2. The van der Waals surface area contributed by atoms with E-state index >= 15 is 0 Å². The number of aliphatic imine (C=N–C) groups is 1. The lowest BCUT2D eigenvalue weighted by Crippen LogP contribution is -2.36. The summed E-state index contributed by atoms with van der Waals surface area (Å²) in [7, 11) is 0. The molecule has 0 aliphatic carbocycles. The van der Waals surface area contributed by atoms with E-state index in [2.05, 4.69) is 25.8 Å². The maximum Gasteiger partial charge on any atom is 0.573 e. The highest BCUT2D eigenvalue weighted by Gasteiger charge is 2.31. The van der Waals surface area contributed by atoms with E-state index in [1.165, 1.54) is 24.3 Å². The van der Waals surface area contributed by atoms with Crippen molar-refractivity contribution in [2.45, 2.75) is 12.9 Å². The summed E-state index contributed by atoms with van der Waals surface area (Å²) in [5, 5.41) is 7.60. The van der Waals surface area contributed by atoms with Gasteiger partial charge in [-0.1, -0.05) is 48.0 Å². The highest BCUT2D eigenvalue weighted by molar-refractivity contribution is 6.33. The Morgan fingerprint density at radius 3 is 2.44 bits per heavy atom. The van der Waals surface area contributed by atoms with Crippen LogP contribution in [0.25, 0.3) is 0 Å². The van der Waals surface area contributed by atoms with Gasteiger partial charge < -0.3 is 15.4 Å². The van der Waals surface area contributed by atoms with Crippen LogP contribution < -0.4 is 25.8 Å². The second-order valence-electron chi connectivity index (χ2n) is 7.21. The molecule has 0 aromatic heterocycles. The first-order valence-corrected chi connectivity index (χ1v) is 10.5. The van der Waals surface area contributed by atoms with Crippen molar-refractivity contribution in [3.63, 3.8) is 0 Å². The smallest absolute Gasteiger partial charge is 0.406 e. The SMILES string of the molecule is O=C(NCc1ccc(C2=NCN(c3ccc(OC(F)(F)F)cc3)N2)cc1)Nc1ccccc1Cl. The summed E-state index contributed by atoms with van der Waals surface area (Å²) < 4.78 is 40.8. The summed E-state index contributed by atoms with van der Waals surface area (Å²) >= 11 is 6.03. The van der Waals surface area contributed by atoms with Crippen molar-refractivity contribution in [3.8, 4) is 5.75 Å². The van der Waals surface area contributed by atoms with Crippen LogP contribution in [0.1, 0.15) is 11.1 Å². The molecule has 0 atom stereocenters. The molecule has 0 spiro atoms. The lowest BCUT2D eigenvalue weighted by Gasteiger charge is -2.19. The highest BCUT2D eigenvalue weighted by Crippen LogP contribution is 2.26. The lowest BCUT2D eigenvalue weighted by atomic mass is 10.1. The highest BCUT2D eigenvalue weighted by atomic mass is 35.5. The van der Waals surface area contributed by atoms with Crippen molar-refractivity contribution in [3.05, 3.63) is 88.9 Å². The standard InChI is InChI=1S/C23H19ClF3N5O2/c24-19-3-1-2-4-20(19)30-22(33)28-13-15-5-7-16(8-6-15)21-29-14-32(31-21)17-9-11-18(12-10-17)34-23(25,26)27/h1-12H,13-14H2,(H,29,31)(H2,28,30,33). The predicted octanol–water partition coefficient (Wildman–Crippen LogP) is 5.29. The van der Waals surface area contributed by atoms with Gasteiger partial charge in [0.15, 0.2) is 0 Å². The number of amides is 2. The molecule has 176 valence electrons. The number of benzene rings is 3. The van der Waals surface area contributed by atoms with Gasteiger partial charge in [-0.2, -0.15) is 0 Å².